The summed E-state index contributed by atoms with van der Waals surface area (Å²) in [5.41, 5.74) is 2.79. The molecule has 0 bridgehead atoms. The average Bonchev–Trinajstić information content (AvgIpc) is 3.41. The van der Waals surface area contributed by atoms with E-state index in [-0.39, 0.29) is 11.5 Å². The van der Waals surface area contributed by atoms with Crippen molar-refractivity contribution in [3.8, 4) is 0 Å². The molecule has 3 saturated carbocycles. The fourth-order valence-corrected chi connectivity index (χ4v) is 8.95. The Morgan fingerprint density at radius 2 is 1.78 bits per heavy atom. The highest BCUT2D eigenvalue weighted by Gasteiger charge is 2.69. The zero-order valence-corrected chi connectivity index (χ0v) is 22.1. The van der Waals surface area contributed by atoms with Crippen LogP contribution in [-0.2, 0) is 9.53 Å². The van der Waals surface area contributed by atoms with Gasteiger partial charge >= 0.3 is 0 Å². The normalized spacial score (nSPS) is 46.5. The van der Waals surface area contributed by atoms with Gasteiger partial charge in [0.05, 0.1) is 6.10 Å². The van der Waals surface area contributed by atoms with Crippen molar-refractivity contribution in [3.05, 3.63) is 11.6 Å². The number of hydrogen-bond acceptors (Lipinski definition) is 2. The van der Waals surface area contributed by atoms with Crippen LogP contribution >= 0.6 is 0 Å². The summed E-state index contributed by atoms with van der Waals surface area (Å²) in [7, 11) is 0. The Kier molecular flexibility index (Phi) is 5.20. The summed E-state index contributed by atoms with van der Waals surface area (Å²) in [6.45, 7) is 19.9. The summed E-state index contributed by atoms with van der Waals surface area (Å²) in [6, 6.07) is 0. The predicted molar refractivity (Wildman–Crippen MR) is 131 cm³/mol. The second-order valence-corrected chi connectivity index (χ2v) is 14.7. The molecule has 1 saturated heterocycles. The lowest BCUT2D eigenvalue weighted by Gasteiger charge is -2.57. The van der Waals surface area contributed by atoms with Crippen LogP contribution in [0.25, 0.3) is 0 Å². The minimum atomic E-state index is 0.206. The fraction of sp³-hybridized carbons (Fsp3) is 0.900. The lowest BCUT2D eigenvalue weighted by atomic mass is 9.46. The van der Waals surface area contributed by atoms with Crippen LogP contribution in [0.2, 0.25) is 0 Å². The zero-order valence-electron chi connectivity index (χ0n) is 22.1. The second-order valence-electron chi connectivity index (χ2n) is 14.7. The topological polar surface area (TPSA) is 29.6 Å². The molecular formula is C30H48O2. The number of ketones is 1. The van der Waals surface area contributed by atoms with E-state index in [0.717, 1.165) is 42.4 Å². The van der Waals surface area contributed by atoms with E-state index in [9.17, 15) is 4.79 Å². The Morgan fingerprint density at radius 3 is 2.47 bits per heavy atom. The van der Waals surface area contributed by atoms with Gasteiger partial charge in [0.2, 0.25) is 0 Å². The summed E-state index contributed by atoms with van der Waals surface area (Å²) in [4.78, 5) is 12.2. The van der Waals surface area contributed by atoms with Gasteiger partial charge in [0.25, 0.3) is 0 Å². The Hall–Kier alpha value is -0.630. The lowest BCUT2D eigenvalue weighted by molar-refractivity contribution is -0.117. The third kappa shape index (κ3) is 3.24. The highest BCUT2D eigenvalue weighted by molar-refractivity contribution is 5.92. The van der Waals surface area contributed by atoms with Crippen LogP contribution in [-0.4, -0.2) is 18.0 Å². The summed E-state index contributed by atoms with van der Waals surface area (Å²) in [5, 5.41) is 0. The summed E-state index contributed by atoms with van der Waals surface area (Å²) >= 11 is 0. The average molecular weight is 441 g/mol. The predicted octanol–water partition coefficient (Wildman–Crippen LogP) is 7.61. The molecule has 0 aromatic heterocycles. The zero-order chi connectivity index (χ0) is 23.3. The van der Waals surface area contributed by atoms with E-state index in [1.165, 1.54) is 44.1 Å². The van der Waals surface area contributed by atoms with E-state index in [1.807, 2.05) is 6.08 Å². The Bertz CT molecular complexity index is 815. The quantitative estimate of drug-likeness (QED) is 0.421. The van der Waals surface area contributed by atoms with Crippen molar-refractivity contribution in [2.75, 3.05) is 0 Å². The summed E-state index contributed by atoms with van der Waals surface area (Å²) in [5.74, 6) is 4.25. The van der Waals surface area contributed by atoms with Gasteiger partial charge in [-0.1, -0.05) is 55.4 Å². The molecule has 0 aromatic carbocycles. The molecule has 0 spiro atoms. The van der Waals surface area contributed by atoms with Crippen LogP contribution < -0.4 is 0 Å². The van der Waals surface area contributed by atoms with E-state index in [1.54, 1.807) is 0 Å². The maximum atomic E-state index is 12.2. The first kappa shape index (κ1) is 23.1. The molecular weight excluding hydrogens is 392 g/mol. The van der Waals surface area contributed by atoms with Gasteiger partial charge in [0.15, 0.2) is 5.78 Å². The highest BCUT2D eigenvalue weighted by atomic mass is 16.6. The van der Waals surface area contributed by atoms with Crippen LogP contribution in [0.4, 0.5) is 0 Å². The first-order chi connectivity index (χ1) is 14.8. The van der Waals surface area contributed by atoms with E-state index in [4.69, 9.17) is 4.74 Å². The van der Waals surface area contributed by atoms with Gasteiger partial charge in [-0.3, -0.25) is 4.79 Å². The highest BCUT2D eigenvalue weighted by Crippen LogP contribution is 2.71. The number of fused-ring (bicyclic) bond motifs is 8. The SMILES string of the molecule is CC(CCC(C)(C)C(C)(C)C)C1CCC2C3C4OC4C4=CC(=O)CCC4(C)C3CCC12C. The van der Waals surface area contributed by atoms with Gasteiger partial charge in [-0.15, -0.1) is 0 Å². The summed E-state index contributed by atoms with van der Waals surface area (Å²) < 4.78 is 6.39. The molecule has 0 amide bonds. The van der Waals surface area contributed by atoms with Crippen LogP contribution in [0.5, 0.6) is 0 Å². The molecule has 0 aromatic rings. The standard InChI is InChI=1S/C30H48O2/c1-18(11-14-28(5,6)27(2,3)4)20-9-10-21-24-22(13-16-29(20,21)7)30(8)15-12-19(31)17-23(30)25-26(24)32-25/h17-18,20-22,24-26H,9-16H2,1-8H3. The molecule has 180 valence electrons. The number of carbonyl (C=O) groups is 1. The minimum absolute atomic E-state index is 0.206. The van der Waals surface area contributed by atoms with Crippen LogP contribution in [0, 0.1) is 51.2 Å². The van der Waals surface area contributed by atoms with Gasteiger partial charge in [-0.05, 0) is 108 Å². The van der Waals surface area contributed by atoms with Crippen LogP contribution in [0.15, 0.2) is 11.6 Å². The molecule has 0 N–H and O–H groups in total. The molecule has 4 fully saturated rings. The molecule has 5 rings (SSSR count). The van der Waals surface area contributed by atoms with Crippen molar-refractivity contribution in [2.24, 2.45) is 51.2 Å². The molecule has 0 radical (unpaired) electrons. The van der Waals surface area contributed by atoms with E-state index < -0.39 is 0 Å². The van der Waals surface area contributed by atoms with Gasteiger partial charge in [-0.25, -0.2) is 0 Å². The Balaban J connectivity index is 1.35. The number of carbonyl (C=O) groups excluding carboxylic acids is 1. The van der Waals surface area contributed by atoms with Crippen molar-refractivity contribution in [1.29, 1.82) is 0 Å². The maximum absolute atomic E-state index is 12.2. The molecule has 2 heteroatoms. The van der Waals surface area contributed by atoms with E-state index >= 15 is 0 Å². The van der Waals surface area contributed by atoms with Crippen molar-refractivity contribution in [3.63, 3.8) is 0 Å². The van der Waals surface area contributed by atoms with Crippen LogP contribution in [0.1, 0.15) is 107 Å². The minimum Gasteiger partial charge on any atom is -0.365 e. The van der Waals surface area contributed by atoms with Gasteiger partial charge in [0.1, 0.15) is 6.10 Å². The molecule has 4 aliphatic carbocycles. The Labute approximate surface area is 197 Å². The van der Waals surface area contributed by atoms with Crippen molar-refractivity contribution in [1.82, 2.24) is 0 Å². The van der Waals surface area contributed by atoms with Gasteiger partial charge in [-0.2, -0.15) is 0 Å². The Morgan fingerprint density at radius 1 is 1.06 bits per heavy atom. The molecule has 2 nitrogen and oxygen atoms in total. The first-order valence-corrected chi connectivity index (χ1v) is 13.7. The molecule has 5 aliphatic rings. The van der Waals surface area contributed by atoms with Crippen molar-refractivity contribution < 1.29 is 9.53 Å². The molecule has 9 atom stereocenters. The smallest absolute Gasteiger partial charge is 0.155 e. The number of rotatable bonds is 4. The fourth-order valence-electron chi connectivity index (χ4n) is 8.95. The van der Waals surface area contributed by atoms with Crippen LogP contribution in [0.3, 0.4) is 0 Å². The molecule has 1 aliphatic heterocycles. The molecule has 1 heterocycles. The van der Waals surface area contributed by atoms with Crippen molar-refractivity contribution in [2.45, 2.75) is 119 Å². The third-order valence-electron chi connectivity index (χ3n) is 12.2. The third-order valence-corrected chi connectivity index (χ3v) is 12.2. The van der Waals surface area contributed by atoms with Gasteiger partial charge in [0, 0.05) is 6.42 Å². The maximum Gasteiger partial charge on any atom is 0.155 e. The lowest BCUT2D eigenvalue weighted by Crippen LogP contribution is -2.53. The number of ether oxygens (including phenoxy) is 1. The van der Waals surface area contributed by atoms with E-state index in [2.05, 4.69) is 55.4 Å². The monoisotopic (exact) mass is 440 g/mol. The summed E-state index contributed by atoms with van der Waals surface area (Å²) in [6.07, 6.45) is 12.7. The van der Waals surface area contributed by atoms with Gasteiger partial charge < -0.3 is 4.74 Å². The van der Waals surface area contributed by atoms with E-state index in [0.29, 0.717) is 28.1 Å². The second kappa shape index (κ2) is 7.19. The number of epoxide rings is 1. The number of hydrogen-bond donors (Lipinski definition) is 0. The van der Waals surface area contributed by atoms with Crippen molar-refractivity contribution >= 4 is 5.78 Å². The molecule has 9 unspecified atom stereocenters. The largest absolute Gasteiger partial charge is 0.365 e. The first-order valence-electron chi connectivity index (χ1n) is 13.7. The molecule has 32 heavy (non-hydrogen) atoms.